The van der Waals surface area contributed by atoms with Crippen molar-refractivity contribution < 1.29 is 13.2 Å². The molecule has 1 heterocycles. The van der Waals surface area contributed by atoms with Gasteiger partial charge in [-0.25, -0.2) is 8.42 Å². The summed E-state index contributed by atoms with van der Waals surface area (Å²) in [5.41, 5.74) is 1.02. The van der Waals surface area contributed by atoms with Crippen molar-refractivity contribution in [1.82, 2.24) is 15.2 Å². The Morgan fingerprint density at radius 3 is 2.41 bits per heavy atom. The normalized spacial score (nSPS) is 11.1. The van der Waals surface area contributed by atoms with E-state index in [0.717, 1.165) is 0 Å². The number of halogens is 1. The molecule has 2 N–H and O–H groups in total. The molecule has 0 atom stereocenters. The van der Waals surface area contributed by atoms with Gasteiger partial charge in [0.15, 0.2) is 20.8 Å². The van der Waals surface area contributed by atoms with Crippen LogP contribution in [-0.4, -0.2) is 36.5 Å². The molecular weight excluding hydrogens is 414 g/mol. The molecule has 0 saturated carbocycles. The Kier molecular flexibility index (Phi) is 6.50. The van der Waals surface area contributed by atoms with Crippen molar-refractivity contribution in [3.05, 3.63) is 53.7 Å². The lowest BCUT2D eigenvalue weighted by molar-refractivity contribution is 0.417. The van der Waals surface area contributed by atoms with Gasteiger partial charge in [-0.2, -0.15) is 4.98 Å². The molecule has 8 nitrogen and oxygen atoms in total. The number of methoxy groups -OCH3 is 1. The molecule has 2 aromatic carbocycles. The molecule has 3 aromatic rings. The molecule has 1 aromatic heterocycles. The van der Waals surface area contributed by atoms with Gasteiger partial charge in [0.25, 0.3) is 0 Å². The van der Waals surface area contributed by atoms with Crippen LogP contribution in [0.25, 0.3) is 0 Å². The maximum atomic E-state index is 12.6. The fourth-order valence-electron chi connectivity index (χ4n) is 2.66. The molecule has 0 fully saturated rings. The zero-order valence-corrected chi connectivity index (χ0v) is 17.5. The van der Waals surface area contributed by atoms with Gasteiger partial charge in [0, 0.05) is 0 Å². The van der Waals surface area contributed by atoms with Crippen LogP contribution in [0.1, 0.15) is 13.3 Å². The van der Waals surface area contributed by atoms with Gasteiger partial charge >= 0.3 is 0 Å². The number of hydrogen-bond acceptors (Lipinski definition) is 8. The fraction of sp³-hybridized carbons (Fsp3) is 0.211. The van der Waals surface area contributed by atoms with Crippen molar-refractivity contribution >= 4 is 44.6 Å². The van der Waals surface area contributed by atoms with E-state index in [1.165, 1.54) is 0 Å². The highest BCUT2D eigenvalue weighted by molar-refractivity contribution is 7.91. The summed E-state index contributed by atoms with van der Waals surface area (Å²) in [7, 11) is -1.89. The SMILES string of the molecule is CCCS(=O)(=O)c1ccccc1Nc1nc(Nc2ccccc2OC)nnc1Cl. The molecule has 3 rings (SSSR count). The molecular formula is C19H20ClN5O3S. The third-order valence-corrected chi connectivity index (χ3v) is 6.17. The minimum Gasteiger partial charge on any atom is -0.495 e. The number of nitrogens with zero attached hydrogens (tertiary/aromatic N) is 3. The van der Waals surface area contributed by atoms with Gasteiger partial charge in [-0.05, 0) is 30.7 Å². The zero-order chi connectivity index (χ0) is 20.9. The lowest BCUT2D eigenvalue weighted by Crippen LogP contribution is -2.10. The first-order valence-corrected chi connectivity index (χ1v) is 10.9. The number of nitrogens with one attached hydrogen (secondary N) is 2. The molecule has 0 spiro atoms. The summed E-state index contributed by atoms with van der Waals surface area (Å²) >= 11 is 6.13. The number of hydrogen-bond donors (Lipinski definition) is 2. The zero-order valence-electron chi connectivity index (χ0n) is 15.9. The standard InChI is InChI=1S/C19H20ClN5O3S/c1-3-12-29(26,27)16-11-7-5-9-14(16)21-18-17(20)24-25-19(23-18)22-13-8-4-6-10-15(13)28-2/h4-11H,3,12H2,1-2H3,(H2,21,22,23,25). The van der Waals surface area contributed by atoms with Crippen molar-refractivity contribution in [1.29, 1.82) is 0 Å². The van der Waals surface area contributed by atoms with Crippen LogP contribution in [0.4, 0.5) is 23.1 Å². The van der Waals surface area contributed by atoms with Crippen LogP contribution in [0.3, 0.4) is 0 Å². The second-order valence-corrected chi connectivity index (χ2v) is 8.48. The predicted molar refractivity (Wildman–Crippen MR) is 113 cm³/mol. The van der Waals surface area contributed by atoms with Crippen LogP contribution in [-0.2, 0) is 9.84 Å². The summed E-state index contributed by atoms with van der Waals surface area (Å²) in [5.74, 6) is 1.01. The highest BCUT2D eigenvalue weighted by Gasteiger charge is 2.19. The second-order valence-electron chi connectivity index (χ2n) is 6.04. The van der Waals surface area contributed by atoms with E-state index in [0.29, 0.717) is 23.5 Å². The molecule has 0 radical (unpaired) electrons. The van der Waals surface area contributed by atoms with E-state index in [1.807, 2.05) is 19.1 Å². The average molecular weight is 434 g/mol. The van der Waals surface area contributed by atoms with Crippen LogP contribution in [0.2, 0.25) is 5.15 Å². The Bertz CT molecular complexity index is 1110. The Morgan fingerprint density at radius 2 is 1.69 bits per heavy atom. The first kappa shape index (κ1) is 20.8. The number of benzene rings is 2. The summed E-state index contributed by atoms with van der Waals surface area (Å²) in [6.07, 6.45) is 0.513. The van der Waals surface area contributed by atoms with Crippen LogP contribution < -0.4 is 15.4 Å². The molecule has 152 valence electrons. The minimum atomic E-state index is -3.44. The van der Waals surface area contributed by atoms with E-state index in [-0.39, 0.29) is 27.6 Å². The Balaban J connectivity index is 1.93. The van der Waals surface area contributed by atoms with E-state index in [9.17, 15) is 8.42 Å². The van der Waals surface area contributed by atoms with Crippen LogP contribution >= 0.6 is 11.6 Å². The molecule has 0 aliphatic rings. The van der Waals surface area contributed by atoms with E-state index in [4.69, 9.17) is 16.3 Å². The summed E-state index contributed by atoms with van der Waals surface area (Å²) in [6.45, 7) is 1.81. The molecule has 10 heteroatoms. The fourth-order valence-corrected chi connectivity index (χ4v) is 4.29. The van der Waals surface area contributed by atoms with Gasteiger partial charge in [-0.15, -0.1) is 10.2 Å². The predicted octanol–water partition coefficient (Wildman–Crippen LogP) is 4.20. The van der Waals surface area contributed by atoms with Gasteiger partial charge in [0.1, 0.15) is 5.75 Å². The minimum absolute atomic E-state index is 0.0123. The molecule has 0 bridgehead atoms. The maximum Gasteiger partial charge on any atom is 0.249 e. The van der Waals surface area contributed by atoms with E-state index in [2.05, 4.69) is 25.8 Å². The van der Waals surface area contributed by atoms with Crippen molar-refractivity contribution in [2.24, 2.45) is 0 Å². The highest BCUT2D eigenvalue weighted by Crippen LogP contribution is 2.30. The van der Waals surface area contributed by atoms with Gasteiger partial charge in [0.2, 0.25) is 5.95 Å². The van der Waals surface area contributed by atoms with Gasteiger partial charge in [-0.3, -0.25) is 0 Å². The van der Waals surface area contributed by atoms with Crippen molar-refractivity contribution in [3.8, 4) is 5.75 Å². The van der Waals surface area contributed by atoms with Crippen LogP contribution in [0.15, 0.2) is 53.4 Å². The van der Waals surface area contributed by atoms with Crippen molar-refractivity contribution in [2.75, 3.05) is 23.5 Å². The summed E-state index contributed by atoms with van der Waals surface area (Å²) in [4.78, 5) is 4.51. The lowest BCUT2D eigenvalue weighted by Gasteiger charge is -2.13. The quantitative estimate of drug-likeness (QED) is 0.544. The maximum absolute atomic E-state index is 12.6. The molecule has 29 heavy (non-hydrogen) atoms. The largest absolute Gasteiger partial charge is 0.495 e. The number of rotatable bonds is 8. The number of anilines is 4. The molecule has 0 unspecified atom stereocenters. The first-order valence-electron chi connectivity index (χ1n) is 8.83. The third kappa shape index (κ3) is 4.93. The monoisotopic (exact) mass is 433 g/mol. The van der Waals surface area contributed by atoms with Gasteiger partial charge in [0.05, 0.1) is 29.1 Å². The summed E-state index contributed by atoms with van der Waals surface area (Å²) in [6, 6.07) is 13.9. The van der Waals surface area contributed by atoms with Crippen LogP contribution in [0.5, 0.6) is 5.75 Å². The van der Waals surface area contributed by atoms with Crippen LogP contribution in [0, 0.1) is 0 Å². The van der Waals surface area contributed by atoms with E-state index in [1.54, 1.807) is 43.5 Å². The number of para-hydroxylation sites is 3. The number of sulfone groups is 1. The molecule has 0 saturated heterocycles. The number of aromatic nitrogens is 3. The second kappa shape index (κ2) is 9.06. The topological polar surface area (TPSA) is 106 Å². The Labute approximate surface area is 174 Å². The summed E-state index contributed by atoms with van der Waals surface area (Å²) < 4.78 is 30.4. The average Bonchev–Trinajstić information content (AvgIpc) is 2.71. The van der Waals surface area contributed by atoms with E-state index >= 15 is 0 Å². The smallest absolute Gasteiger partial charge is 0.249 e. The third-order valence-electron chi connectivity index (χ3n) is 3.95. The van der Waals surface area contributed by atoms with Crippen molar-refractivity contribution in [2.45, 2.75) is 18.2 Å². The van der Waals surface area contributed by atoms with Gasteiger partial charge < -0.3 is 15.4 Å². The number of ether oxygens (including phenoxy) is 1. The van der Waals surface area contributed by atoms with E-state index < -0.39 is 9.84 Å². The first-order chi connectivity index (χ1) is 13.9. The molecule has 0 aliphatic heterocycles. The Morgan fingerprint density at radius 1 is 1.00 bits per heavy atom. The van der Waals surface area contributed by atoms with Gasteiger partial charge in [-0.1, -0.05) is 42.8 Å². The highest BCUT2D eigenvalue weighted by atomic mass is 35.5. The van der Waals surface area contributed by atoms with Crippen molar-refractivity contribution in [3.63, 3.8) is 0 Å². The lowest BCUT2D eigenvalue weighted by atomic mass is 10.3. The molecule has 0 aliphatic carbocycles. The molecule has 0 amide bonds. The Hall–Kier alpha value is -2.91. The summed E-state index contributed by atoms with van der Waals surface area (Å²) in [5, 5.41) is 13.8.